The molecule has 2 aromatic carbocycles. The van der Waals surface area contributed by atoms with Gasteiger partial charge in [-0.2, -0.15) is 0 Å². The van der Waals surface area contributed by atoms with Gasteiger partial charge in [-0.1, -0.05) is 36.4 Å². The lowest BCUT2D eigenvalue weighted by atomic mass is 10.0. The monoisotopic (exact) mass is 329 g/mol. The Bertz CT molecular complexity index is 625. The largest absolute Gasteiger partial charge is 0.491 e. The van der Waals surface area contributed by atoms with Crippen LogP contribution in [0.25, 0.3) is 0 Å². The van der Waals surface area contributed by atoms with E-state index in [0.29, 0.717) is 6.54 Å². The second-order valence-corrected chi connectivity index (χ2v) is 6.28. The van der Waals surface area contributed by atoms with Crippen molar-refractivity contribution in [3.05, 3.63) is 65.2 Å². The Labute approximate surface area is 144 Å². The Kier molecular flexibility index (Phi) is 6.79. The predicted molar refractivity (Wildman–Crippen MR) is 95.9 cm³/mol. The van der Waals surface area contributed by atoms with Crippen molar-refractivity contribution in [2.45, 2.75) is 45.6 Å². The second kappa shape index (κ2) is 8.83. The van der Waals surface area contributed by atoms with Crippen molar-refractivity contribution in [2.24, 2.45) is 0 Å². The summed E-state index contributed by atoms with van der Waals surface area (Å²) in [6.45, 7) is 6.51. The molecular formula is C20H27NO3. The first kappa shape index (κ1) is 18.5. The standard InChI is InChI=1S/C20H27NO3/c1-14(2)24-19-9-7-17(8-10-19)20(23)12-21-15(3)18-6-4-5-16(11-18)13-22/h4-11,14-15,20-23H,12-13H2,1-3H3. The molecule has 0 amide bonds. The minimum Gasteiger partial charge on any atom is -0.491 e. The highest BCUT2D eigenvalue weighted by atomic mass is 16.5. The van der Waals surface area contributed by atoms with Gasteiger partial charge in [-0.25, -0.2) is 0 Å². The molecule has 0 heterocycles. The van der Waals surface area contributed by atoms with Crippen LogP contribution in [0.1, 0.15) is 49.6 Å². The average Bonchev–Trinajstić information content (AvgIpc) is 2.59. The van der Waals surface area contributed by atoms with E-state index in [1.807, 2.05) is 69.3 Å². The normalized spacial score (nSPS) is 13.8. The van der Waals surface area contributed by atoms with Gasteiger partial charge in [0.2, 0.25) is 0 Å². The maximum absolute atomic E-state index is 10.3. The van der Waals surface area contributed by atoms with Crippen molar-refractivity contribution in [1.29, 1.82) is 0 Å². The van der Waals surface area contributed by atoms with Crippen LogP contribution in [0.5, 0.6) is 5.75 Å². The maximum atomic E-state index is 10.3. The van der Waals surface area contributed by atoms with Crippen molar-refractivity contribution in [2.75, 3.05) is 6.54 Å². The molecule has 4 nitrogen and oxygen atoms in total. The molecule has 0 bridgehead atoms. The summed E-state index contributed by atoms with van der Waals surface area (Å²) in [6, 6.07) is 15.5. The van der Waals surface area contributed by atoms with Crippen LogP contribution in [0, 0.1) is 0 Å². The van der Waals surface area contributed by atoms with Crippen molar-refractivity contribution < 1.29 is 14.9 Å². The fourth-order valence-electron chi connectivity index (χ4n) is 2.53. The van der Waals surface area contributed by atoms with Crippen LogP contribution in [0.4, 0.5) is 0 Å². The Hall–Kier alpha value is -1.88. The fourth-order valence-corrected chi connectivity index (χ4v) is 2.53. The number of hydrogen-bond donors (Lipinski definition) is 3. The molecule has 24 heavy (non-hydrogen) atoms. The summed E-state index contributed by atoms with van der Waals surface area (Å²) < 4.78 is 5.61. The van der Waals surface area contributed by atoms with E-state index in [9.17, 15) is 10.2 Å². The summed E-state index contributed by atoms with van der Waals surface area (Å²) in [4.78, 5) is 0. The van der Waals surface area contributed by atoms with Gasteiger partial charge >= 0.3 is 0 Å². The number of hydrogen-bond acceptors (Lipinski definition) is 4. The highest BCUT2D eigenvalue weighted by molar-refractivity contribution is 5.29. The summed E-state index contributed by atoms with van der Waals surface area (Å²) in [5.41, 5.74) is 2.84. The lowest BCUT2D eigenvalue weighted by Crippen LogP contribution is -2.24. The zero-order valence-corrected chi connectivity index (χ0v) is 14.6. The zero-order valence-electron chi connectivity index (χ0n) is 14.6. The van der Waals surface area contributed by atoms with Gasteiger partial charge in [0.1, 0.15) is 5.75 Å². The van der Waals surface area contributed by atoms with Gasteiger partial charge in [0, 0.05) is 12.6 Å². The zero-order chi connectivity index (χ0) is 17.5. The molecule has 2 unspecified atom stereocenters. The van der Waals surface area contributed by atoms with E-state index in [0.717, 1.165) is 22.4 Å². The number of aliphatic hydroxyl groups is 2. The second-order valence-electron chi connectivity index (χ2n) is 6.28. The summed E-state index contributed by atoms with van der Waals surface area (Å²) in [5.74, 6) is 0.808. The Morgan fingerprint density at radius 1 is 1.00 bits per heavy atom. The van der Waals surface area contributed by atoms with E-state index < -0.39 is 6.10 Å². The Balaban J connectivity index is 1.90. The molecule has 2 rings (SSSR count). The van der Waals surface area contributed by atoms with Gasteiger partial charge in [-0.05, 0) is 49.6 Å². The van der Waals surface area contributed by atoms with Crippen LogP contribution in [-0.2, 0) is 6.61 Å². The molecule has 0 aliphatic carbocycles. The number of benzene rings is 2. The predicted octanol–water partition coefficient (Wildman–Crippen LogP) is 3.35. The topological polar surface area (TPSA) is 61.7 Å². The van der Waals surface area contributed by atoms with Gasteiger partial charge < -0.3 is 20.3 Å². The molecule has 0 saturated carbocycles. The SMILES string of the molecule is CC(C)Oc1ccc(C(O)CNC(C)c2cccc(CO)c2)cc1. The molecule has 0 aromatic heterocycles. The number of ether oxygens (including phenoxy) is 1. The van der Waals surface area contributed by atoms with E-state index >= 15 is 0 Å². The van der Waals surface area contributed by atoms with E-state index in [1.54, 1.807) is 0 Å². The van der Waals surface area contributed by atoms with Gasteiger partial charge in [-0.15, -0.1) is 0 Å². The molecule has 0 saturated heterocycles. The maximum Gasteiger partial charge on any atom is 0.119 e. The summed E-state index contributed by atoms with van der Waals surface area (Å²) in [5, 5.41) is 22.9. The van der Waals surface area contributed by atoms with Crippen molar-refractivity contribution >= 4 is 0 Å². The van der Waals surface area contributed by atoms with E-state index in [-0.39, 0.29) is 18.8 Å². The third-order valence-corrected chi connectivity index (χ3v) is 3.89. The van der Waals surface area contributed by atoms with Gasteiger partial charge in [0.25, 0.3) is 0 Å². The third-order valence-electron chi connectivity index (χ3n) is 3.89. The molecule has 4 heteroatoms. The Morgan fingerprint density at radius 2 is 1.71 bits per heavy atom. The van der Waals surface area contributed by atoms with Crippen LogP contribution in [0.2, 0.25) is 0 Å². The van der Waals surface area contributed by atoms with Crippen molar-refractivity contribution in [3.8, 4) is 5.75 Å². The summed E-state index contributed by atoms with van der Waals surface area (Å²) in [7, 11) is 0. The summed E-state index contributed by atoms with van der Waals surface area (Å²) >= 11 is 0. The lowest BCUT2D eigenvalue weighted by Gasteiger charge is -2.19. The highest BCUT2D eigenvalue weighted by Gasteiger charge is 2.11. The van der Waals surface area contributed by atoms with Crippen molar-refractivity contribution in [3.63, 3.8) is 0 Å². The Morgan fingerprint density at radius 3 is 2.33 bits per heavy atom. The van der Waals surface area contributed by atoms with Gasteiger partial charge in [0.05, 0.1) is 18.8 Å². The first-order valence-corrected chi connectivity index (χ1v) is 8.37. The molecule has 0 aliphatic rings. The third kappa shape index (κ3) is 5.34. The van der Waals surface area contributed by atoms with E-state index in [2.05, 4.69) is 5.32 Å². The molecule has 3 N–H and O–H groups in total. The molecule has 0 spiro atoms. The van der Waals surface area contributed by atoms with Crippen LogP contribution < -0.4 is 10.1 Å². The molecular weight excluding hydrogens is 302 g/mol. The van der Waals surface area contributed by atoms with Crippen LogP contribution >= 0.6 is 0 Å². The number of rotatable bonds is 8. The first-order valence-electron chi connectivity index (χ1n) is 8.37. The number of nitrogens with one attached hydrogen (secondary N) is 1. The van der Waals surface area contributed by atoms with Gasteiger partial charge in [-0.3, -0.25) is 0 Å². The van der Waals surface area contributed by atoms with E-state index in [4.69, 9.17) is 4.74 Å². The molecule has 130 valence electrons. The molecule has 0 fully saturated rings. The van der Waals surface area contributed by atoms with Gasteiger partial charge in [0.15, 0.2) is 0 Å². The van der Waals surface area contributed by atoms with Crippen LogP contribution in [-0.4, -0.2) is 22.9 Å². The fraction of sp³-hybridized carbons (Fsp3) is 0.400. The van der Waals surface area contributed by atoms with Crippen LogP contribution in [0.15, 0.2) is 48.5 Å². The lowest BCUT2D eigenvalue weighted by molar-refractivity contribution is 0.170. The van der Waals surface area contributed by atoms with Crippen molar-refractivity contribution in [1.82, 2.24) is 5.32 Å². The van der Waals surface area contributed by atoms with Crippen LogP contribution in [0.3, 0.4) is 0 Å². The summed E-state index contributed by atoms with van der Waals surface area (Å²) in [6.07, 6.45) is -0.445. The average molecular weight is 329 g/mol. The quantitative estimate of drug-likeness (QED) is 0.695. The molecule has 0 radical (unpaired) electrons. The minimum atomic E-state index is -0.582. The number of aliphatic hydroxyl groups excluding tert-OH is 2. The minimum absolute atomic E-state index is 0.0357. The highest BCUT2D eigenvalue weighted by Crippen LogP contribution is 2.20. The smallest absolute Gasteiger partial charge is 0.119 e. The molecule has 2 aromatic rings. The van der Waals surface area contributed by atoms with E-state index in [1.165, 1.54) is 0 Å². The molecule has 0 aliphatic heterocycles. The first-order chi connectivity index (χ1) is 11.5. The molecule has 2 atom stereocenters.